The molecule has 0 saturated heterocycles. The number of carbonyl (C=O) groups is 1. The molecule has 1 amide bonds. The molecule has 92 valence electrons. The molecular formula is C13H13N3O2. The Morgan fingerprint density at radius 2 is 2.00 bits per heavy atom. The minimum absolute atomic E-state index is 0.175. The zero-order valence-electron chi connectivity index (χ0n) is 9.71. The van der Waals surface area contributed by atoms with Crippen LogP contribution in [0.3, 0.4) is 0 Å². The van der Waals surface area contributed by atoms with Gasteiger partial charge >= 0.3 is 0 Å². The Balaban J connectivity index is 1.99. The van der Waals surface area contributed by atoms with Crippen LogP contribution < -0.4 is 5.32 Å². The second-order valence-electron chi connectivity index (χ2n) is 3.73. The van der Waals surface area contributed by atoms with E-state index in [1.165, 1.54) is 6.20 Å². The maximum atomic E-state index is 11.8. The van der Waals surface area contributed by atoms with Crippen molar-refractivity contribution in [2.75, 3.05) is 0 Å². The first-order valence-electron chi connectivity index (χ1n) is 5.52. The van der Waals surface area contributed by atoms with Crippen molar-refractivity contribution in [1.29, 1.82) is 0 Å². The summed E-state index contributed by atoms with van der Waals surface area (Å²) < 4.78 is 0. The van der Waals surface area contributed by atoms with Crippen molar-refractivity contribution in [3.05, 3.63) is 59.7 Å². The molecule has 2 heterocycles. The Bertz CT molecular complexity index is 529. The predicted octanol–water partition coefficient (Wildman–Crippen LogP) is 0.899. The lowest BCUT2D eigenvalue weighted by Gasteiger charge is -2.05. The zero-order valence-corrected chi connectivity index (χ0v) is 9.71. The summed E-state index contributed by atoms with van der Waals surface area (Å²) in [5.41, 5.74) is 1.95. The first kappa shape index (κ1) is 12.2. The van der Waals surface area contributed by atoms with Gasteiger partial charge in [0.1, 0.15) is 0 Å². The van der Waals surface area contributed by atoms with Crippen LogP contribution in [0.5, 0.6) is 0 Å². The van der Waals surface area contributed by atoms with Crippen molar-refractivity contribution < 1.29 is 9.90 Å². The molecule has 0 radical (unpaired) electrons. The van der Waals surface area contributed by atoms with Crippen LogP contribution in [0.15, 0.2) is 42.9 Å². The number of nitrogens with one attached hydrogen (secondary N) is 1. The molecule has 2 rings (SSSR count). The average Bonchev–Trinajstić information content (AvgIpc) is 2.46. The maximum absolute atomic E-state index is 11.8. The first-order chi connectivity index (χ1) is 8.79. The topological polar surface area (TPSA) is 75.1 Å². The molecular weight excluding hydrogens is 230 g/mol. The number of rotatable bonds is 4. The van der Waals surface area contributed by atoms with E-state index >= 15 is 0 Å². The molecule has 0 fully saturated rings. The van der Waals surface area contributed by atoms with E-state index < -0.39 is 0 Å². The molecule has 0 unspecified atom stereocenters. The number of amides is 1. The fourth-order valence-electron chi connectivity index (χ4n) is 1.49. The Kier molecular flexibility index (Phi) is 3.98. The van der Waals surface area contributed by atoms with Gasteiger partial charge < -0.3 is 10.4 Å². The lowest BCUT2D eigenvalue weighted by atomic mass is 10.2. The van der Waals surface area contributed by atoms with Crippen molar-refractivity contribution >= 4 is 5.91 Å². The molecule has 0 aliphatic rings. The second kappa shape index (κ2) is 5.88. The summed E-state index contributed by atoms with van der Waals surface area (Å²) in [6, 6.07) is 6.86. The van der Waals surface area contributed by atoms with Gasteiger partial charge in [-0.1, -0.05) is 0 Å². The molecule has 0 atom stereocenters. The SMILES string of the molecule is O=C(NCc1ccncc1)c1ccnc(CO)c1. The van der Waals surface area contributed by atoms with Crippen LogP contribution in [0.25, 0.3) is 0 Å². The normalized spacial score (nSPS) is 10.1. The number of hydrogen-bond donors (Lipinski definition) is 2. The van der Waals surface area contributed by atoms with Crippen LogP contribution in [0.1, 0.15) is 21.6 Å². The Morgan fingerprint density at radius 1 is 1.22 bits per heavy atom. The molecule has 2 aromatic heterocycles. The van der Waals surface area contributed by atoms with Crippen molar-refractivity contribution in [3.8, 4) is 0 Å². The fourth-order valence-corrected chi connectivity index (χ4v) is 1.49. The van der Waals surface area contributed by atoms with Crippen LogP contribution in [0.2, 0.25) is 0 Å². The smallest absolute Gasteiger partial charge is 0.251 e. The van der Waals surface area contributed by atoms with E-state index in [1.54, 1.807) is 24.5 Å². The predicted molar refractivity (Wildman–Crippen MR) is 65.6 cm³/mol. The summed E-state index contributed by atoms with van der Waals surface area (Å²) >= 11 is 0. The van der Waals surface area contributed by atoms with E-state index in [0.29, 0.717) is 17.8 Å². The number of aliphatic hydroxyl groups is 1. The molecule has 0 aromatic carbocycles. The van der Waals surface area contributed by atoms with Gasteiger partial charge in [-0.3, -0.25) is 14.8 Å². The van der Waals surface area contributed by atoms with Gasteiger partial charge in [-0.2, -0.15) is 0 Å². The van der Waals surface area contributed by atoms with E-state index in [1.807, 2.05) is 12.1 Å². The molecule has 2 aromatic rings. The van der Waals surface area contributed by atoms with Gasteiger partial charge in [0.2, 0.25) is 0 Å². The van der Waals surface area contributed by atoms with Crippen LogP contribution >= 0.6 is 0 Å². The summed E-state index contributed by atoms with van der Waals surface area (Å²) in [4.78, 5) is 19.7. The maximum Gasteiger partial charge on any atom is 0.251 e. The second-order valence-corrected chi connectivity index (χ2v) is 3.73. The Labute approximate surface area is 105 Å². The third-order valence-electron chi connectivity index (χ3n) is 2.44. The highest BCUT2D eigenvalue weighted by Gasteiger charge is 2.06. The summed E-state index contributed by atoms with van der Waals surface area (Å²) in [7, 11) is 0. The third-order valence-corrected chi connectivity index (χ3v) is 2.44. The quantitative estimate of drug-likeness (QED) is 0.836. The van der Waals surface area contributed by atoms with Crippen molar-refractivity contribution in [2.24, 2.45) is 0 Å². The van der Waals surface area contributed by atoms with Gasteiger partial charge in [-0.15, -0.1) is 0 Å². The molecule has 5 heteroatoms. The minimum atomic E-state index is -0.191. The summed E-state index contributed by atoms with van der Waals surface area (Å²) in [6.45, 7) is 0.267. The molecule has 0 saturated carbocycles. The van der Waals surface area contributed by atoms with Gasteiger partial charge in [0, 0.05) is 30.7 Å². The first-order valence-corrected chi connectivity index (χ1v) is 5.52. The Morgan fingerprint density at radius 3 is 2.72 bits per heavy atom. The van der Waals surface area contributed by atoms with Crippen LogP contribution in [-0.2, 0) is 13.2 Å². The molecule has 18 heavy (non-hydrogen) atoms. The average molecular weight is 243 g/mol. The van der Waals surface area contributed by atoms with Crippen LogP contribution in [0.4, 0.5) is 0 Å². The van der Waals surface area contributed by atoms with Crippen molar-refractivity contribution in [3.63, 3.8) is 0 Å². The van der Waals surface area contributed by atoms with Crippen molar-refractivity contribution in [2.45, 2.75) is 13.2 Å². The molecule has 0 bridgehead atoms. The summed E-state index contributed by atoms with van der Waals surface area (Å²) in [6.07, 6.45) is 4.86. The van der Waals surface area contributed by atoms with Gasteiger partial charge in [0.25, 0.3) is 5.91 Å². The number of hydrogen-bond acceptors (Lipinski definition) is 4. The minimum Gasteiger partial charge on any atom is -0.390 e. The molecule has 0 spiro atoms. The molecule has 2 N–H and O–H groups in total. The molecule has 5 nitrogen and oxygen atoms in total. The van der Waals surface area contributed by atoms with E-state index in [2.05, 4.69) is 15.3 Å². The Hall–Kier alpha value is -2.27. The highest BCUT2D eigenvalue weighted by atomic mass is 16.3. The number of aromatic nitrogens is 2. The molecule has 0 aliphatic heterocycles. The van der Waals surface area contributed by atoms with Crippen LogP contribution in [0, 0.1) is 0 Å². The standard InChI is InChI=1S/C13H13N3O2/c17-9-12-7-11(3-6-15-12)13(18)16-8-10-1-4-14-5-2-10/h1-7,17H,8-9H2,(H,16,18). The van der Waals surface area contributed by atoms with E-state index in [4.69, 9.17) is 5.11 Å². The lowest BCUT2D eigenvalue weighted by Crippen LogP contribution is -2.23. The number of carbonyl (C=O) groups excluding carboxylic acids is 1. The van der Waals surface area contributed by atoms with Gasteiger partial charge in [-0.25, -0.2) is 0 Å². The number of pyridine rings is 2. The summed E-state index contributed by atoms with van der Waals surface area (Å²) in [5, 5.41) is 11.7. The molecule has 0 aliphatic carbocycles. The van der Waals surface area contributed by atoms with E-state index in [-0.39, 0.29) is 12.5 Å². The highest BCUT2D eigenvalue weighted by molar-refractivity contribution is 5.94. The fraction of sp³-hybridized carbons (Fsp3) is 0.154. The van der Waals surface area contributed by atoms with E-state index in [0.717, 1.165) is 5.56 Å². The monoisotopic (exact) mass is 243 g/mol. The number of nitrogens with zero attached hydrogens (tertiary/aromatic N) is 2. The van der Waals surface area contributed by atoms with Gasteiger partial charge in [0.15, 0.2) is 0 Å². The van der Waals surface area contributed by atoms with Crippen molar-refractivity contribution in [1.82, 2.24) is 15.3 Å². The number of aliphatic hydroxyl groups excluding tert-OH is 1. The zero-order chi connectivity index (χ0) is 12.8. The van der Waals surface area contributed by atoms with Crippen LogP contribution in [-0.4, -0.2) is 21.0 Å². The van der Waals surface area contributed by atoms with E-state index in [9.17, 15) is 4.79 Å². The largest absolute Gasteiger partial charge is 0.390 e. The summed E-state index contributed by atoms with van der Waals surface area (Å²) in [5.74, 6) is -0.191. The highest BCUT2D eigenvalue weighted by Crippen LogP contribution is 2.03. The lowest BCUT2D eigenvalue weighted by molar-refractivity contribution is 0.0950. The third kappa shape index (κ3) is 3.11. The van der Waals surface area contributed by atoms with Gasteiger partial charge in [-0.05, 0) is 29.8 Å². The van der Waals surface area contributed by atoms with Gasteiger partial charge in [0.05, 0.1) is 12.3 Å².